The smallest absolute Gasteiger partial charge is 0.322 e. The summed E-state index contributed by atoms with van der Waals surface area (Å²) in [6.45, 7) is -1.13. The Bertz CT molecular complexity index is 2260. The number of ether oxygens (including phenoxy) is 1. The molecule has 0 spiro atoms. The van der Waals surface area contributed by atoms with Gasteiger partial charge in [0.25, 0.3) is 11.8 Å². The number of aromatic hydroxyl groups is 2. The van der Waals surface area contributed by atoms with E-state index in [1.54, 1.807) is 30.6 Å². The molecule has 0 radical (unpaired) electrons. The molecule has 0 bridgehead atoms. The first-order valence-electron chi connectivity index (χ1n) is 14.7. The van der Waals surface area contributed by atoms with Gasteiger partial charge in [0.05, 0.1) is 0 Å². The first kappa shape index (κ1) is 35.5. The van der Waals surface area contributed by atoms with Crippen molar-refractivity contribution in [1.82, 2.24) is 25.6 Å². The van der Waals surface area contributed by atoms with Gasteiger partial charge in [0.2, 0.25) is 0 Å². The van der Waals surface area contributed by atoms with Crippen LogP contribution >= 0.6 is 11.8 Å². The molecular weight excluding hydrogens is 685 g/mol. The zero-order valence-electron chi connectivity index (χ0n) is 26.1. The average Bonchev–Trinajstić information content (AvgIpc) is 3.12. The van der Waals surface area contributed by atoms with Crippen molar-refractivity contribution < 1.29 is 48.7 Å². The molecule has 16 heteroatoms. The largest absolute Gasteiger partial charge is 0.505 e. The van der Waals surface area contributed by atoms with Crippen molar-refractivity contribution in [1.29, 1.82) is 0 Å². The zero-order chi connectivity index (χ0) is 36.5. The van der Waals surface area contributed by atoms with E-state index in [2.05, 4.69) is 25.6 Å². The normalized spacial score (nSPS) is 10.5. The lowest BCUT2D eigenvalue weighted by molar-refractivity contribution is -0.136. The highest BCUT2D eigenvalue weighted by atomic mass is 32.2. The van der Waals surface area contributed by atoms with Gasteiger partial charge in [-0.25, -0.2) is 14.4 Å². The van der Waals surface area contributed by atoms with E-state index >= 15 is 0 Å². The molecule has 3 heterocycles. The van der Waals surface area contributed by atoms with Crippen LogP contribution in [0.3, 0.4) is 0 Å². The fourth-order valence-electron chi connectivity index (χ4n) is 4.48. The Balaban J connectivity index is 0.000000198. The van der Waals surface area contributed by atoms with Gasteiger partial charge in [-0.2, -0.15) is 0 Å². The molecule has 0 unspecified atom stereocenters. The molecule has 6 rings (SSSR count). The highest BCUT2D eigenvalue weighted by Crippen LogP contribution is 2.34. The molecule has 0 saturated carbocycles. The second-order valence-electron chi connectivity index (χ2n) is 10.4. The number of carbonyl (C=O) groups is 4. The molecule has 0 aliphatic heterocycles. The number of nitrogens with one attached hydrogen (secondary N) is 2. The van der Waals surface area contributed by atoms with E-state index in [0.717, 1.165) is 9.79 Å². The summed E-state index contributed by atoms with van der Waals surface area (Å²) in [4.78, 5) is 58.7. The van der Waals surface area contributed by atoms with Crippen LogP contribution in [0.2, 0.25) is 0 Å². The Morgan fingerprint density at radius 1 is 0.667 bits per heavy atom. The number of hydrogen-bond acceptors (Lipinski definition) is 11. The third kappa shape index (κ3) is 9.21. The van der Waals surface area contributed by atoms with Crippen molar-refractivity contribution in [2.45, 2.75) is 9.79 Å². The molecule has 0 aliphatic rings. The van der Waals surface area contributed by atoms with Gasteiger partial charge in [-0.15, -0.1) is 0 Å². The number of rotatable bonds is 10. The molecular formula is C35H26FN5O9S. The van der Waals surface area contributed by atoms with Crippen LogP contribution in [0, 0.1) is 5.82 Å². The number of carbonyl (C=O) groups excluding carboxylic acids is 2. The van der Waals surface area contributed by atoms with Gasteiger partial charge >= 0.3 is 11.9 Å². The lowest BCUT2D eigenvalue weighted by Crippen LogP contribution is -2.29. The van der Waals surface area contributed by atoms with Gasteiger partial charge in [0.15, 0.2) is 22.9 Å². The van der Waals surface area contributed by atoms with E-state index in [1.807, 2.05) is 24.3 Å². The second kappa shape index (κ2) is 16.1. The number of pyridine rings is 3. The molecule has 2 amide bonds. The Kier molecular flexibility index (Phi) is 11.2. The Labute approximate surface area is 291 Å². The molecule has 0 fully saturated rings. The Hall–Kier alpha value is -6.81. The SMILES string of the molecule is O=C(O)CNC(=O)c1ncc2cc(Sc3ccncc3)ccc2c1O.O=C(O)CNC(=O)c1ncc2ccc(Oc3ccc(F)cc3)cc2c1O. The molecule has 0 saturated heterocycles. The molecule has 51 heavy (non-hydrogen) atoms. The van der Waals surface area contributed by atoms with E-state index in [4.69, 9.17) is 14.9 Å². The summed E-state index contributed by atoms with van der Waals surface area (Å²) < 4.78 is 18.5. The average molecular weight is 712 g/mol. The summed E-state index contributed by atoms with van der Waals surface area (Å²) in [5.41, 5.74) is -0.499. The number of benzene rings is 3. The molecule has 0 aliphatic carbocycles. The number of hydrogen-bond donors (Lipinski definition) is 6. The maximum absolute atomic E-state index is 12.9. The van der Waals surface area contributed by atoms with Crippen molar-refractivity contribution in [3.8, 4) is 23.0 Å². The quantitative estimate of drug-likeness (QED) is 0.110. The molecule has 6 N–H and O–H groups in total. The fourth-order valence-corrected chi connectivity index (χ4v) is 5.33. The van der Waals surface area contributed by atoms with E-state index in [-0.39, 0.29) is 17.1 Å². The van der Waals surface area contributed by atoms with Gasteiger partial charge in [-0.1, -0.05) is 11.8 Å². The summed E-state index contributed by atoms with van der Waals surface area (Å²) in [6.07, 6.45) is 6.27. The summed E-state index contributed by atoms with van der Waals surface area (Å²) in [7, 11) is 0. The van der Waals surface area contributed by atoms with Crippen LogP contribution < -0.4 is 15.4 Å². The molecule has 3 aromatic carbocycles. The van der Waals surface area contributed by atoms with E-state index in [0.29, 0.717) is 33.0 Å². The Morgan fingerprint density at radius 3 is 1.84 bits per heavy atom. The summed E-state index contributed by atoms with van der Waals surface area (Å²) >= 11 is 1.54. The van der Waals surface area contributed by atoms with Crippen LogP contribution in [-0.2, 0) is 9.59 Å². The number of aliphatic carboxylic acids is 2. The van der Waals surface area contributed by atoms with Gasteiger partial charge in [0.1, 0.15) is 30.4 Å². The van der Waals surface area contributed by atoms with Crippen molar-refractivity contribution in [2.75, 3.05) is 13.1 Å². The molecule has 14 nitrogen and oxygen atoms in total. The number of nitrogens with zero attached hydrogens (tertiary/aromatic N) is 3. The topological polar surface area (TPSA) is 221 Å². The van der Waals surface area contributed by atoms with E-state index in [1.165, 1.54) is 54.5 Å². The maximum Gasteiger partial charge on any atom is 0.322 e. The number of amides is 2. The number of fused-ring (bicyclic) bond motifs is 2. The monoisotopic (exact) mass is 711 g/mol. The zero-order valence-corrected chi connectivity index (χ0v) is 26.9. The predicted octanol–water partition coefficient (Wildman–Crippen LogP) is 4.99. The predicted molar refractivity (Wildman–Crippen MR) is 182 cm³/mol. The number of aromatic nitrogens is 3. The molecule has 3 aromatic heterocycles. The Morgan fingerprint density at radius 2 is 1.24 bits per heavy atom. The van der Waals surface area contributed by atoms with Gasteiger partial charge in [0, 0.05) is 56.1 Å². The summed E-state index contributed by atoms with van der Waals surface area (Å²) in [6, 6.07) is 19.3. The van der Waals surface area contributed by atoms with Crippen LogP contribution in [0.1, 0.15) is 21.0 Å². The lowest BCUT2D eigenvalue weighted by atomic mass is 10.1. The third-order valence-electron chi connectivity index (χ3n) is 6.84. The van der Waals surface area contributed by atoms with Gasteiger partial charge in [-0.05, 0) is 72.8 Å². The van der Waals surface area contributed by atoms with Crippen molar-refractivity contribution in [3.05, 3.63) is 115 Å². The van der Waals surface area contributed by atoms with Crippen molar-refractivity contribution >= 4 is 57.1 Å². The number of carboxylic acid groups (broad SMARTS) is 2. The van der Waals surface area contributed by atoms with Crippen LogP contribution in [0.4, 0.5) is 4.39 Å². The molecule has 0 atom stereocenters. The minimum atomic E-state index is -1.21. The highest BCUT2D eigenvalue weighted by Gasteiger charge is 2.18. The molecule has 258 valence electrons. The van der Waals surface area contributed by atoms with Crippen molar-refractivity contribution in [2.24, 2.45) is 0 Å². The lowest BCUT2D eigenvalue weighted by Gasteiger charge is -2.10. The fraction of sp³-hybridized carbons (Fsp3) is 0.0571. The van der Waals surface area contributed by atoms with Crippen LogP contribution in [0.5, 0.6) is 23.0 Å². The first-order chi connectivity index (χ1) is 24.5. The number of halogens is 1. The van der Waals surface area contributed by atoms with E-state index in [9.17, 15) is 33.8 Å². The van der Waals surface area contributed by atoms with Crippen LogP contribution in [-0.4, -0.2) is 72.2 Å². The standard InChI is InChI=1S/C18H13FN2O5.C17H13N3O4S/c19-11-2-5-12(6-3-11)26-13-4-1-10-8-20-16(17(24)14(10)7-13)18(25)21-9-15(22)23;21-14(22)9-20-17(24)15-16(23)13-2-1-12(7-10(13)8-19-15)25-11-3-5-18-6-4-11/h1-8,24H,9H2,(H,21,25)(H,22,23);1-8,23H,9H2,(H,20,24)(H,21,22). The summed E-state index contributed by atoms with van der Waals surface area (Å²) in [5.74, 6) is -4.23. The minimum Gasteiger partial charge on any atom is -0.505 e. The minimum absolute atomic E-state index is 0.205. The third-order valence-corrected chi connectivity index (χ3v) is 7.83. The number of carboxylic acids is 2. The highest BCUT2D eigenvalue weighted by molar-refractivity contribution is 7.99. The maximum atomic E-state index is 12.9. The summed E-state index contributed by atoms with van der Waals surface area (Å²) in [5, 5.41) is 44.1. The van der Waals surface area contributed by atoms with Crippen molar-refractivity contribution in [3.63, 3.8) is 0 Å². The second-order valence-corrected chi connectivity index (χ2v) is 11.5. The van der Waals surface area contributed by atoms with Crippen LogP contribution in [0.25, 0.3) is 21.5 Å². The van der Waals surface area contributed by atoms with Crippen LogP contribution in [0.15, 0.2) is 107 Å². The first-order valence-corrected chi connectivity index (χ1v) is 15.5. The molecule has 6 aromatic rings. The van der Waals surface area contributed by atoms with E-state index < -0.39 is 48.4 Å². The van der Waals surface area contributed by atoms with Gasteiger partial charge < -0.3 is 35.8 Å². The van der Waals surface area contributed by atoms with Gasteiger partial charge in [-0.3, -0.25) is 24.2 Å².